The van der Waals surface area contributed by atoms with E-state index in [1.807, 2.05) is 0 Å². The summed E-state index contributed by atoms with van der Waals surface area (Å²) in [6.07, 6.45) is 5.42. The first-order valence-electron chi connectivity index (χ1n) is 6.73. The molecule has 0 amide bonds. The molecule has 1 heterocycles. The van der Waals surface area contributed by atoms with Gasteiger partial charge in [0.05, 0.1) is 19.3 Å². The molecule has 1 N–H and O–H groups in total. The molecule has 3 fully saturated rings. The predicted octanol–water partition coefficient (Wildman–Crippen LogP) is 1.94. The summed E-state index contributed by atoms with van der Waals surface area (Å²) in [7, 11) is 0. The van der Waals surface area contributed by atoms with Crippen LogP contribution in [0, 0.1) is 17.8 Å². The Balaban J connectivity index is 1.65. The third kappa shape index (κ3) is 1.45. The van der Waals surface area contributed by atoms with E-state index in [-0.39, 0.29) is 11.9 Å². The van der Waals surface area contributed by atoms with Gasteiger partial charge in [0.2, 0.25) is 0 Å². The molecule has 3 rings (SSSR count). The summed E-state index contributed by atoms with van der Waals surface area (Å²) >= 11 is 0. The van der Waals surface area contributed by atoms with E-state index in [0.29, 0.717) is 17.8 Å². The first kappa shape index (κ1) is 11.0. The van der Waals surface area contributed by atoms with Crippen molar-refractivity contribution in [2.75, 3.05) is 13.2 Å². The van der Waals surface area contributed by atoms with E-state index >= 15 is 0 Å². The lowest BCUT2D eigenvalue weighted by atomic mass is 9.66. The zero-order chi connectivity index (χ0) is 11.2. The average molecular weight is 226 g/mol. The van der Waals surface area contributed by atoms with Crippen LogP contribution in [0.15, 0.2) is 0 Å². The lowest BCUT2D eigenvalue weighted by Crippen LogP contribution is -2.53. The van der Waals surface area contributed by atoms with Crippen molar-refractivity contribution in [3.8, 4) is 0 Å². The van der Waals surface area contributed by atoms with Gasteiger partial charge in [-0.2, -0.15) is 0 Å². The molecule has 1 saturated heterocycles. The molecule has 16 heavy (non-hydrogen) atoms. The van der Waals surface area contributed by atoms with Gasteiger partial charge in [0.25, 0.3) is 0 Å². The normalized spacial score (nSPS) is 44.6. The quantitative estimate of drug-likeness (QED) is 0.799. The van der Waals surface area contributed by atoms with E-state index in [0.717, 1.165) is 26.1 Å². The summed E-state index contributed by atoms with van der Waals surface area (Å²) < 4.78 is 11.5. The lowest BCUT2D eigenvalue weighted by molar-refractivity contribution is -0.272. The van der Waals surface area contributed by atoms with Gasteiger partial charge in [-0.1, -0.05) is 19.8 Å². The van der Waals surface area contributed by atoms with Crippen LogP contribution in [0.5, 0.6) is 0 Å². The summed E-state index contributed by atoms with van der Waals surface area (Å²) in [4.78, 5) is 0. The number of rotatable bonds is 3. The van der Waals surface area contributed by atoms with Crippen molar-refractivity contribution in [2.24, 2.45) is 17.8 Å². The SMILES string of the molecule is CCCC[C@H]1[C@@H]2CC3(OCCO3)[C@@H]2C[C@@H]1O. The second-order valence-electron chi connectivity index (χ2n) is 5.59. The summed E-state index contributed by atoms with van der Waals surface area (Å²) in [5, 5.41) is 10.1. The fraction of sp³-hybridized carbons (Fsp3) is 1.00. The Morgan fingerprint density at radius 1 is 1.31 bits per heavy atom. The standard InChI is InChI=1S/C13H22O3/c1-2-3-4-9-10-8-13(15-5-6-16-13)11(10)7-12(9)14/h9-12,14H,2-8H2,1H3/t9-,10-,11+,12-/m0/s1. The van der Waals surface area contributed by atoms with Crippen molar-refractivity contribution in [2.45, 2.75) is 50.9 Å². The molecule has 0 radical (unpaired) electrons. The minimum Gasteiger partial charge on any atom is -0.393 e. The van der Waals surface area contributed by atoms with Gasteiger partial charge in [-0.3, -0.25) is 0 Å². The second kappa shape index (κ2) is 3.97. The number of hydrogen-bond donors (Lipinski definition) is 1. The molecule has 0 bridgehead atoms. The smallest absolute Gasteiger partial charge is 0.171 e. The Kier molecular flexibility index (Phi) is 2.73. The molecule has 1 spiro atoms. The van der Waals surface area contributed by atoms with Crippen molar-refractivity contribution in [3.63, 3.8) is 0 Å². The van der Waals surface area contributed by atoms with Gasteiger partial charge < -0.3 is 14.6 Å². The van der Waals surface area contributed by atoms with E-state index in [9.17, 15) is 5.11 Å². The number of fused-ring (bicyclic) bond motifs is 2. The minimum absolute atomic E-state index is 0.117. The third-order valence-corrected chi connectivity index (χ3v) is 4.81. The molecule has 92 valence electrons. The maximum atomic E-state index is 10.1. The molecule has 3 heteroatoms. The van der Waals surface area contributed by atoms with Crippen LogP contribution >= 0.6 is 0 Å². The highest BCUT2D eigenvalue weighted by Gasteiger charge is 2.64. The molecule has 2 aliphatic carbocycles. The van der Waals surface area contributed by atoms with Crippen molar-refractivity contribution >= 4 is 0 Å². The number of aliphatic hydroxyl groups is 1. The molecule has 3 aliphatic rings. The summed E-state index contributed by atoms with van der Waals surface area (Å²) in [5.41, 5.74) is 0. The van der Waals surface area contributed by atoms with Crippen molar-refractivity contribution in [1.82, 2.24) is 0 Å². The molecular formula is C13H22O3. The number of ether oxygens (including phenoxy) is 2. The molecule has 0 aromatic rings. The van der Waals surface area contributed by atoms with Crippen molar-refractivity contribution < 1.29 is 14.6 Å². The molecular weight excluding hydrogens is 204 g/mol. The van der Waals surface area contributed by atoms with E-state index in [4.69, 9.17) is 9.47 Å². The van der Waals surface area contributed by atoms with Crippen LogP contribution in [0.4, 0.5) is 0 Å². The molecule has 3 nitrogen and oxygen atoms in total. The summed E-state index contributed by atoms with van der Waals surface area (Å²) in [6, 6.07) is 0. The first-order chi connectivity index (χ1) is 7.77. The number of unbranched alkanes of at least 4 members (excludes halogenated alkanes) is 1. The largest absolute Gasteiger partial charge is 0.393 e. The first-order valence-corrected chi connectivity index (χ1v) is 6.73. The van der Waals surface area contributed by atoms with Gasteiger partial charge in [0.1, 0.15) is 0 Å². The van der Waals surface area contributed by atoms with Crippen LogP contribution in [0.1, 0.15) is 39.0 Å². The zero-order valence-corrected chi connectivity index (χ0v) is 10.0. The average Bonchev–Trinajstić information content (AvgIpc) is 2.83. The summed E-state index contributed by atoms with van der Waals surface area (Å²) in [5.74, 6) is 1.34. The Labute approximate surface area is 97.1 Å². The van der Waals surface area contributed by atoms with Gasteiger partial charge in [0, 0.05) is 12.3 Å². The molecule has 1 aliphatic heterocycles. The van der Waals surface area contributed by atoms with Crippen molar-refractivity contribution in [3.05, 3.63) is 0 Å². The van der Waals surface area contributed by atoms with Gasteiger partial charge in [-0.25, -0.2) is 0 Å². The van der Waals surface area contributed by atoms with Crippen LogP contribution in [0.3, 0.4) is 0 Å². The summed E-state index contributed by atoms with van der Waals surface area (Å²) in [6.45, 7) is 3.68. The second-order valence-corrected chi connectivity index (χ2v) is 5.59. The highest BCUT2D eigenvalue weighted by Crippen LogP contribution is 2.60. The van der Waals surface area contributed by atoms with Gasteiger partial charge in [-0.15, -0.1) is 0 Å². The third-order valence-electron chi connectivity index (χ3n) is 4.81. The molecule has 4 atom stereocenters. The molecule has 0 aromatic heterocycles. The number of aliphatic hydroxyl groups excluding tert-OH is 1. The molecule has 0 unspecified atom stereocenters. The molecule has 0 aromatic carbocycles. The maximum Gasteiger partial charge on any atom is 0.171 e. The van der Waals surface area contributed by atoms with Crippen LogP contribution in [-0.2, 0) is 9.47 Å². The fourth-order valence-corrected chi connectivity index (χ4v) is 3.96. The fourth-order valence-electron chi connectivity index (χ4n) is 3.96. The highest BCUT2D eigenvalue weighted by atomic mass is 16.7. The van der Waals surface area contributed by atoms with E-state index < -0.39 is 0 Å². The van der Waals surface area contributed by atoms with E-state index in [1.165, 1.54) is 19.3 Å². The lowest BCUT2D eigenvalue weighted by Gasteiger charge is -2.49. The van der Waals surface area contributed by atoms with Crippen LogP contribution in [0.25, 0.3) is 0 Å². The maximum absolute atomic E-state index is 10.1. The zero-order valence-electron chi connectivity index (χ0n) is 10.0. The number of hydrogen-bond acceptors (Lipinski definition) is 3. The van der Waals surface area contributed by atoms with E-state index in [1.54, 1.807) is 0 Å². The molecule has 2 saturated carbocycles. The monoisotopic (exact) mass is 226 g/mol. The van der Waals surface area contributed by atoms with Crippen molar-refractivity contribution in [1.29, 1.82) is 0 Å². The van der Waals surface area contributed by atoms with E-state index in [2.05, 4.69) is 6.92 Å². The Morgan fingerprint density at radius 2 is 2.06 bits per heavy atom. The van der Waals surface area contributed by atoms with Crippen LogP contribution < -0.4 is 0 Å². The van der Waals surface area contributed by atoms with Gasteiger partial charge in [0.15, 0.2) is 5.79 Å². The highest BCUT2D eigenvalue weighted by molar-refractivity contribution is 5.08. The topological polar surface area (TPSA) is 38.7 Å². The predicted molar refractivity (Wildman–Crippen MR) is 59.9 cm³/mol. The van der Waals surface area contributed by atoms with Gasteiger partial charge in [-0.05, 0) is 24.7 Å². The minimum atomic E-state index is -0.285. The Hall–Kier alpha value is -0.120. The Morgan fingerprint density at radius 3 is 2.75 bits per heavy atom. The van der Waals surface area contributed by atoms with Crippen LogP contribution in [0.2, 0.25) is 0 Å². The van der Waals surface area contributed by atoms with Gasteiger partial charge >= 0.3 is 0 Å². The Bertz CT molecular complexity index is 260. The van der Waals surface area contributed by atoms with Crippen LogP contribution in [-0.4, -0.2) is 30.2 Å².